The fourth-order valence-electron chi connectivity index (χ4n) is 3.96. The van der Waals surface area contributed by atoms with Crippen molar-refractivity contribution >= 4 is 29.6 Å². The second-order valence-electron chi connectivity index (χ2n) is 10.5. The van der Waals surface area contributed by atoms with Crippen LogP contribution >= 0.6 is 11.8 Å². The van der Waals surface area contributed by atoms with Crippen LogP contribution in [0.5, 0.6) is 0 Å². The Balaban J connectivity index is 4.01. The van der Waals surface area contributed by atoms with Gasteiger partial charge in [0.25, 0.3) is 0 Å². The van der Waals surface area contributed by atoms with E-state index >= 15 is 0 Å². The maximum Gasteiger partial charge on any atom is 0.327 e. The summed E-state index contributed by atoms with van der Waals surface area (Å²) in [5.74, 6) is 1.43. The van der Waals surface area contributed by atoms with Crippen LogP contribution in [0.2, 0.25) is 0 Å². The molecule has 3 unspecified atom stereocenters. The number of rotatable bonds is 21. The van der Waals surface area contributed by atoms with E-state index in [9.17, 15) is 19.5 Å². The highest BCUT2D eigenvalue weighted by Gasteiger charge is 2.20. The molecule has 0 aromatic rings. The number of carboxylic acid groups (broad SMARTS) is 1. The van der Waals surface area contributed by atoms with Crippen LogP contribution in [0.4, 0.5) is 0 Å². The molecule has 0 rings (SSSR count). The number of carbonyl (C=O) groups excluding carboxylic acids is 2. The Hall–Kier alpha value is -1.50. The molecule has 0 aliphatic heterocycles. The van der Waals surface area contributed by atoms with Gasteiger partial charge < -0.3 is 15.2 Å². The molecule has 0 bridgehead atoms. The minimum Gasteiger partial charge on any atom is -0.480 e. The summed E-state index contributed by atoms with van der Waals surface area (Å²) in [5, 5.41) is 11.8. The molecule has 2 N–H and O–H groups in total. The SMILES string of the molecule is COC(=O)CCC(=O)NC(CSCC=C(C)CCCC(C)CCCC(C)CCCC(C)C)C(=O)O. The van der Waals surface area contributed by atoms with Gasteiger partial charge in [0.15, 0.2) is 0 Å². The molecular formula is C28H51NO5S. The predicted octanol–water partition coefficient (Wildman–Crippen LogP) is 6.63. The number of methoxy groups -OCH3 is 1. The third-order valence-electron chi connectivity index (χ3n) is 6.39. The van der Waals surface area contributed by atoms with Gasteiger partial charge in [-0.15, -0.1) is 0 Å². The molecule has 0 aliphatic carbocycles. The summed E-state index contributed by atoms with van der Waals surface area (Å²) in [7, 11) is 1.25. The zero-order valence-corrected chi connectivity index (χ0v) is 23.9. The van der Waals surface area contributed by atoms with Gasteiger partial charge in [-0.2, -0.15) is 11.8 Å². The van der Waals surface area contributed by atoms with Crippen LogP contribution in [0.15, 0.2) is 11.6 Å². The Morgan fingerprint density at radius 3 is 2.00 bits per heavy atom. The summed E-state index contributed by atoms with van der Waals surface area (Å²) in [6.45, 7) is 11.5. The Morgan fingerprint density at radius 2 is 1.46 bits per heavy atom. The number of aliphatic carboxylic acids is 1. The van der Waals surface area contributed by atoms with E-state index in [0.717, 1.165) is 29.9 Å². The molecule has 0 radical (unpaired) electrons. The summed E-state index contributed by atoms with van der Waals surface area (Å²) in [6.07, 6.45) is 13.6. The van der Waals surface area contributed by atoms with Crippen molar-refractivity contribution in [2.45, 2.75) is 111 Å². The first-order chi connectivity index (χ1) is 16.5. The molecule has 0 saturated carbocycles. The van der Waals surface area contributed by atoms with Crippen molar-refractivity contribution in [3.05, 3.63) is 11.6 Å². The lowest BCUT2D eigenvalue weighted by molar-refractivity contribution is -0.142. The number of hydrogen-bond acceptors (Lipinski definition) is 5. The van der Waals surface area contributed by atoms with Gasteiger partial charge in [0.2, 0.25) is 5.91 Å². The number of carboxylic acids is 1. The quantitative estimate of drug-likeness (QED) is 0.102. The Morgan fingerprint density at radius 1 is 0.886 bits per heavy atom. The van der Waals surface area contributed by atoms with Crippen molar-refractivity contribution in [3.8, 4) is 0 Å². The minimum atomic E-state index is -1.07. The van der Waals surface area contributed by atoms with E-state index in [1.807, 2.05) is 0 Å². The van der Waals surface area contributed by atoms with Crippen molar-refractivity contribution in [2.75, 3.05) is 18.6 Å². The normalized spacial score (nSPS) is 14.4. The third-order valence-corrected chi connectivity index (χ3v) is 7.36. The summed E-state index contributed by atoms with van der Waals surface area (Å²) >= 11 is 1.49. The Bertz CT molecular complexity index is 635. The molecule has 6 nitrogen and oxygen atoms in total. The summed E-state index contributed by atoms with van der Waals surface area (Å²) < 4.78 is 4.49. The fraction of sp³-hybridized carbons (Fsp3) is 0.821. The van der Waals surface area contributed by atoms with Crippen LogP contribution < -0.4 is 5.32 Å². The number of esters is 1. The molecule has 0 fully saturated rings. The van der Waals surface area contributed by atoms with E-state index < -0.39 is 23.9 Å². The number of ether oxygens (including phenoxy) is 1. The average molecular weight is 514 g/mol. The van der Waals surface area contributed by atoms with E-state index in [1.54, 1.807) is 0 Å². The molecule has 0 aromatic carbocycles. The molecule has 3 atom stereocenters. The Labute approximate surface area is 218 Å². The third kappa shape index (κ3) is 20.4. The predicted molar refractivity (Wildman–Crippen MR) is 147 cm³/mol. The fourth-order valence-corrected chi connectivity index (χ4v) is 4.96. The molecule has 0 aliphatic rings. The zero-order chi connectivity index (χ0) is 26.6. The number of allylic oxidation sites excluding steroid dienone is 1. The second-order valence-corrected chi connectivity index (χ2v) is 11.6. The molecule has 7 heteroatoms. The van der Waals surface area contributed by atoms with E-state index in [2.05, 4.69) is 50.7 Å². The highest BCUT2D eigenvalue weighted by Crippen LogP contribution is 2.22. The first kappa shape index (κ1) is 33.5. The summed E-state index contributed by atoms with van der Waals surface area (Å²) in [5.41, 5.74) is 1.33. The Kier molecular flexibility index (Phi) is 19.8. The highest BCUT2D eigenvalue weighted by molar-refractivity contribution is 7.99. The monoisotopic (exact) mass is 513 g/mol. The summed E-state index contributed by atoms with van der Waals surface area (Å²) in [4.78, 5) is 34.4. The number of thioether (sulfide) groups is 1. The molecule has 0 heterocycles. The van der Waals surface area contributed by atoms with Crippen LogP contribution in [-0.4, -0.2) is 47.6 Å². The zero-order valence-electron chi connectivity index (χ0n) is 23.1. The molecule has 1 amide bonds. The topological polar surface area (TPSA) is 92.7 Å². The largest absolute Gasteiger partial charge is 0.480 e. The van der Waals surface area contributed by atoms with E-state index in [-0.39, 0.29) is 18.6 Å². The second kappa shape index (κ2) is 20.7. The van der Waals surface area contributed by atoms with E-state index in [0.29, 0.717) is 0 Å². The van der Waals surface area contributed by atoms with Crippen molar-refractivity contribution in [2.24, 2.45) is 17.8 Å². The smallest absolute Gasteiger partial charge is 0.327 e. The van der Waals surface area contributed by atoms with Crippen LogP contribution in [0, 0.1) is 17.8 Å². The van der Waals surface area contributed by atoms with Crippen molar-refractivity contribution in [1.29, 1.82) is 0 Å². The van der Waals surface area contributed by atoms with Gasteiger partial charge >= 0.3 is 11.9 Å². The van der Waals surface area contributed by atoms with E-state index in [4.69, 9.17) is 0 Å². The van der Waals surface area contributed by atoms with Gasteiger partial charge in [-0.3, -0.25) is 9.59 Å². The molecule has 204 valence electrons. The maximum atomic E-state index is 11.9. The van der Waals surface area contributed by atoms with Gasteiger partial charge in [-0.25, -0.2) is 4.79 Å². The van der Waals surface area contributed by atoms with Gasteiger partial charge in [0.1, 0.15) is 6.04 Å². The molecule has 0 saturated heterocycles. The first-order valence-corrected chi connectivity index (χ1v) is 14.5. The summed E-state index contributed by atoms with van der Waals surface area (Å²) in [6, 6.07) is -0.961. The lowest BCUT2D eigenvalue weighted by Gasteiger charge is -2.15. The van der Waals surface area contributed by atoms with Crippen LogP contribution in [0.25, 0.3) is 0 Å². The lowest BCUT2D eigenvalue weighted by atomic mass is 9.91. The molecular weight excluding hydrogens is 462 g/mol. The first-order valence-electron chi connectivity index (χ1n) is 13.4. The van der Waals surface area contributed by atoms with Crippen LogP contribution in [0.3, 0.4) is 0 Å². The molecule has 0 aromatic heterocycles. The van der Waals surface area contributed by atoms with Gasteiger partial charge in [-0.1, -0.05) is 84.3 Å². The maximum absolute atomic E-state index is 11.9. The van der Waals surface area contributed by atoms with Crippen molar-refractivity contribution in [3.63, 3.8) is 0 Å². The van der Waals surface area contributed by atoms with Crippen molar-refractivity contribution in [1.82, 2.24) is 5.32 Å². The molecule has 0 spiro atoms. The number of carbonyl (C=O) groups is 3. The van der Waals surface area contributed by atoms with Crippen LogP contribution in [-0.2, 0) is 19.1 Å². The van der Waals surface area contributed by atoms with E-state index in [1.165, 1.54) is 75.8 Å². The van der Waals surface area contributed by atoms with Gasteiger partial charge in [0, 0.05) is 17.9 Å². The van der Waals surface area contributed by atoms with Crippen molar-refractivity contribution < 1.29 is 24.2 Å². The highest BCUT2D eigenvalue weighted by atomic mass is 32.2. The molecule has 35 heavy (non-hydrogen) atoms. The number of nitrogens with one attached hydrogen (secondary N) is 1. The average Bonchev–Trinajstić information content (AvgIpc) is 2.78. The lowest BCUT2D eigenvalue weighted by Crippen LogP contribution is -2.42. The number of amides is 1. The van der Waals surface area contributed by atoms with Gasteiger partial charge in [-0.05, 0) is 37.5 Å². The minimum absolute atomic E-state index is 0.0556. The standard InChI is InChI=1S/C28H51NO5S/c1-21(2)10-7-11-22(3)12-8-13-23(4)14-9-15-24(5)18-19-35-20-25(28(32)33)29-26(30)16-17-27(31)34-6/h18,21-23,25H,7-17,19-20H2,1-6H3,(H,29,30)(H,32,33). The number of hydrogen-bond donors (Lipinski definition) is 2. The van der Waals surface area contributed by atoms with Gasteiger partial charge in [0.05, 0.1) is 13.5 Å². The van der Waals surface area contributed by atoms with Crippen LogP contribution in [0.1, 0.15) is 105 Å².